The van der Waals surface area contributed by atoms with Gasteiger partial charge in [-0.1, -0.05) is 0 Å². The number of β-lactam (4-membered cyclic amide) rings is 1. The van der Waals surface area contributed by atoms with E-state index in [1.807, 2.05) is 6.92 Å². The lowest BCUT2D eigenvalue weighted by atomic mass is 10.00. The second-order valence-corrected chi connectivity index (χ2v) is 2.22. The Labute approximate surface area is 48.5 Å². The highest BCUT2D eigenvalue weighted by molar-refractivity contribution is 5.88. The molecule has 2 atom stereocenters. The van der Waals surface area contributed by atoms with E-state index in [-0.39, 0.29) is 18.0 Å². The van der Waals surface area contributed by atoms with Crippen LogP contribution in [0.15, 0.2) is 0 Å². The lowest BCUT2D eigenvalue weighted by molar-refractivity contribution is -0.145. The zero-order valence-corrected chi connectivity index (χ0v) is 5.09. The molecule has 0 saturated carbocycles. The molecule has 1 fully saturated rings. The standard InChI is InChI=1S/C5H10N2O/c1-3-4(6)5(8)7(3)2/h3-4H,6H2,1-2H3. The molecule has 1 amide bonds. The lowest BCUT2D eigenvalue weighted by Crippen LogP contribution is -2.65. The molecule has 0 spiro atoms. The number of rotatable bonds is 0. The van der Waals surface area contributed by atoms with Crippen molar-refractivity contribution in [2.45, 2.75) is 19.0 Å². The Hall–Kier alpha value is -0.570. The summed E-state index contributed by atoms with van der Waals surface area (Å²) in [6, 6.07) is 0.00231. The molecule has 1 saturated heterocycles. The van der Waals surface area contributed by atoms with Gasteiger partial charge in [0.2, 0.25) is 5.91 Å². The summed E-state index contributed by atoms with van der Waals surface area (Å²) >= 11 is 0. The SMILES string of the molecule is CC1C(N)C(=O)N1C. The second-order valence-electron chi connectivity index (χ2n) is 2.22. The molecule has 46 valence electrons. The normalized spacial score (nSPS) is 37.4. The third-order valence-electron chi connectivity index (χ3n) is 1.76. The first-order valence-electron chi connectivity index (χ1n) is 2.67. The number of nitrogens with two attached hydrogens (primary N) is 1. The van der Waals surface area contributed by atoms with Gasteiger partial charge in [0.1, 0.15) is 6.04 Å². The summed E-state index contributed by atoms with van der Waals surface area (Å²) in [4.78, 5) is 12.2. The molecule has 1 rings (SSSR count). The van der Waals surface area contributed by atoms with Gasteiger partial charge in [-0.25, -0.2) is 0 Å². The van der Waals surface area contributed by atoms with Gasteiger partial charge >= 0.3 is 0 Å². The highest BCUT2D eigenvalue weighted by Crippen LogP contribution is 2.13. The lowest BCUT2D eigenvalue weighted by Gasteiger charge is -2.40. The molecule has 0 aliphatic carbocycles. The Morgan fingerprint density at radius 1 is 1.75 bits per heavy atom. The van der Waals surface area contributed by atoms with E-state index >= 15 is 0 Å². The summed E-state index contributed by atoms with van der Waals surface area (Å²) in [7, 11) is 1.76. The molecule has 3 nitrogen and oxygen atoms in total. The average molecular weight is 114 g/mol. The molecule has 0 radical (unpaired) electrons. The van der Waals surface area contributed by atoms with Gasteiger partial charge in [-0.3, -0.25) is 4.79 Å². The van der Waals surface area contributed by atoms with Crippen molar-refractivity contribution in [3.8, 4) is 0 Å². The van der Waals surface area contributed by atoms with Crippen LogP contribution in [0.5, 0.6) is 0 Å². The van der Waals surface area contributed by atoms with Crippen LogP contribution < -0.4 is 5.73 Å². The van der Waals surface area contributed by atoms with Crippen LogP contribution >= 0.6 is 0 Å². The molecule has 1 aliphatic heterocycles. The highest BCUT2D eigenvalue weighted by atomic mass is 16.2. The Kier molecular flexibility index (Phi) is 1.01. The van der Waals surface area contributed by atoms with E-state index in [9.17, 15) is 4.79 Å². The van der Waals surface area contributed by atoms with E-state index in [1.54, 1.807) is 11.9 Å². The van der Waals surface area contributed by atoms with Crippen molar-refractivity contribution in [2.75, 3.05) is 7.05 Å². The summed E-state index contributed by atoms with van der Waals surface area (Å²) in [6.45, 7) is 1.94. The Bertz CT molecular complexity index is 112. The number of carbonyl (C=O) groups excluding carboxylic acids is 1. The Morgan fingerprint density at radius 2 is 2.25 bits per heavy atom. The van der Waals surface area contributed by atoms with Gasteiger partial charge in [-0.05, 0) is 6.92 Å². The average Bonchev–Trinajstić information content (AvgIpc) is 1.83. The van der Waals surface area contributed by atoms with Crippen LogP contribution in [0.25, 0.3) is 0 Å². The number of hydrogen-bond donors (Lipinski definition) is 1. The van der Waals surface area contributed by atoms with Gasteiger partial charge in [0.15, 0.2) is 0 Å². The van der Waals surface area contributed by atoms with Crippen LogP contribution in [0, 0.1) is 0 Å². The topological polar surface area (TPSA) is 46.3 Å². The molecule has 1 heterocycles. The smallest absolute Gasteiger partial charge is 0.241 e. The van der Waals surface area contributed by atoms with Gasteiger partial charge in [0.05, 0.1) is 6.04 Å². The van der Waals surface area contributed by atoms with Crippen LogP contribution in [0.1, 0.15) is 6.92 Å². The molecule has 2 unspecified atom stereocenters. The van der Waals surface area contributed by atoms with Crippen molar-refractivity contribution in [2.24, 2.45) is 5.73 Å². The van der Waals surface area contributed by atoms with Gasteiger partial charge in [0.25, 0.3) is 0 Å². The zero-order chi connectivity index (χ0) is 6.31. The van der Waals surface area contributed by atoms with Gasteiger partial charge in [0, 0.05) is 7.05 Å². The first-order chi connectivity index (χ1) is 3.64. The summed E-state index contributed by atoms with van der Waals surface area (Å²) in [5, 5.41) is 0. The van der Waals surface area contributed by atoms with Crippen molar-refractivity contribution in [1.29, 1.82) is 0 Å². The van der Waals surface area contributed by atoms with Crippen LogP contribution in [0.2, 0.25) is 0 Å². The van der Waals surface area contributed by atoms with Gasteiger partial charge < -0.3 is 10.6 Å². The van der Waals surface area contributed by atoms with Gasteiger partial charge in [-0.2, -0.15) is 0 Å². The molecule has 8 heavy (non-hydrogen) atoms. The number of likely N-dealkylation sites (tertiary alicyclic amines) is 1. The molecule has 1 aliphatic rings. The highest BCUT2D eigenvalue weighted by Gasteiger charge is 2.38. The third kappa shape index (κ3) is 0.448. The van der Waals surface area contributed by atoms with Crippen LogP contribution in [0.3, 0.4) is 0 Å². The first-order valence-corrected chi connectivity index (χ1v) is 2.67. The fourth-order valence-electron chi connectivity index (χ4n) is 0.801. The van der Waals surface area contributed by atoms with E-state index in [0.717, 1.165) is 0 Å². The molecule has 3 heteroatoms. The third-order valence-corrected chi connectivity index (χ3v) is 1.76. The minimum absolute atomic E-state index is 0.0532. The second kappa shape index (κ2) is 1.45. The number of carbonyl (C=O) groups is 1. The maximum atomic E-state index is 10.6. The molecule has 0 aromatic carbocycles. The van der Waals surface area contributed by atoms with Crippen LogP contribution in [-0.4, -0.2) is 29.9 Å². The van der Waals surface area contributed by atoms with E-state index in [2.05, 4.69) is 0 Å². The number of amides is 1. The largest absolute Gasteiger partial charge is 0.340 e. The van der Waals surface area contributed by atoms with Crippen molar-refractivity contribution in [1.82, 2.24) is 4.90 Å². The summed E-state index contributed by atoms with van der Waals surface area (Å²) in [5.41, 5.74) is 5.36. The van der Waals surface area contributed by atoms with Crippen molar-refractivity contribution < 1.29 is 4.79 Å². The van der Waals surface area contributed by atoms with Crippen molar-refractivity contribution in [3.05, 3.63) is 0 Å². The summed E-state index contributed by atoms with van der Waals surface area (Å²) in [5.74, 6) is 0.0532. The predicted molar refractivity (Wildman–Crippen MR) is 30.2 cm³/mol. The van der Waals surface area contributed by atoms with Crippen LogP contribution in [-0.2, 0) is 4.79 Å². The maximum Gasteiger partial charge on any atom is 0.241 e. The van der Waals surface area contributed by atoms with E-state index < -0.39 is 0 Å². The molecule has 0 aromatic heterocycles. The first kappa shape index (κ1) is 5.56. The van der Waals surface area contributed by atoms with E-state index in [4.69, 9.17) is 5.73 Å². The number of hydrogen-bond acceptors (Lipinski definition) is 2. The van der Waals surface area contributed by atoms with Crippen LogP contribution in [0.4, 0.5) is 0 Å². The Morgan fingerprint density at radius 3 is 2.38 bits per heavy atom. The number of nitrogens with zero attached hydrogens (tertiary/aromatic N) is 1. The monoisotopic (exact) mass is 114 g/mol. The fraction of sp³-hybridized carbons (Fsp3) is 0.800. The zero-order valence-electron chi connectivity index (χ0n) is 5.09. The summed E-state index contributed by atoms with van der Waals surface area (Å²) in [6.07, 6.45) is 0. The Balaban J connectivity index is 2.55. The van der Waals surface area contributed by atoms with Crippen molar-refractivity contribution in [3.63, 3.8) is 0 Å². The van der Waals surface area contributed by atoms with Gasteiger partial charge in [-0.15, -0.1) is 0 Å². The predicted octanol–water partition coefficient (Wildman–Crippen LogP) is -0.826. The summed E-state index contributed by atoms with van der Waals surface area (Å²) < 4.78 is 0. The number of likely N-dealkylation sites (N-methyl/N-ethyl adjacent to an activating group) is 1. The van der Waals surface area contributed by atoms with E-state index in [1.165, 1.54) is 0 Å². The molecule has 0 aromatic rings. The quantitative estimate of drug-likeness (QED) is 0.418. The minimum atomic E-state index is -0.236. The van der Waals surface area contributed by atoms with E-state index in [0.29, 0.717) is 0 Å². The molecular weight excluding hydrogens is 104 g/mol. The molecular formula is C5H10N2O. The fourth-order valence-corrected chi connectivity index (χ4v) is 0.801. The minimum Gasteiger partial charge on any atom is -0.340 e. The molecule has 2 N–H and O–H groups in total. The maximum absolute atomic E-state index is 10.6. The van der Waals surface area contributed by atoms with Crippen molar-refractivity contribution >= 4 is 5.91 Å². The molecule has 0 bridgehead atoms.